The van der Waals surface area contributed by atoms with Gasteiger partial charge in [0.05, 0.1) is 6.54 Å². The molecule has 1 atom stereocenters. The highest BCUT2D eigenvalue weighted by molar-refractivity contribution is 8.14. The highest BCUT2D eigenvalue weighted by atomic mass is 32.2. The topological polar surface area (TPSA) is 24.4 Å². The SMILES string of the molecule is CCCC1CN=C(NC(C)(C)CC(C)(C)C)S1. The molecule has 0 bridgehead atoms. The van der Waals surface area contributed by atoms with Gasteiger partial charge in [0.2, 0.25) is 0 Å². The van der Waals surface area contributed by atoms with E-state index in [1.165, 1.54) is 12.8 Å². The Morgan fingerprint density at radius 2 is 1.94 bits per heavy atom. The average Bonchev–Trinajstić information content (AvgIpc) is 2.47. The summed E-state index contributed by atoms with van der Waals surface area (Å²) >= 11 is 1.93. The fraction of sp³-hybridized carbons (Fsp3) is 0.929. The van der Waals surface area contributed by atoms with Crippen molar-refractivity contribution in [3.05, 3.63) is 0 Å². The highest BCUT2D eigenvalue weighted by Crippen LogP contribution is 2.30. The lowest BCUT2D eigenvalue weighted by Gasteiger charge is -2.34. The molecular weight excluding hydrogens is 228 g/mol. The predicted molar refractivity (Wildman–Crippen MR) is 79.9 cm³/mol. The molecule has 1 aliphatic heterocycles. The van der Waals surface area contributed by atoms with Crippen molar-refractivity contribution >= 4 is 16.9 Å². The number of thioether (sulfide) groups is 1. The molecule has 0 saturated heterocycles. The first kappa shape index (κ1) is 14.9. The second-order valence-corrected chi connectivity index (χ2v) is 8.21. The van der Waals surface area contributed by atoms with Crippen molar-refractivity contribution in [2.45, 2.75) is 71.6 Å². The van der Waals surface area contributed by atoms with E-state index >= 15 is 0 Å². The Hall–Kier alpha value is -0.180. The van der Waals surface area contributed by atoms with Crippen LogP contribution in [-0.2, 0) is 0 Å². The third kappa shape index (κ3) is 5.80. The summed E-state index contributed by atoms with van der Waals surface area (Å²) in [6.45, 7) is 14.7. The first-order chi connectivity index (χ1) is 7.72. The number of nitrogens with zero attached hydrogens (tertiary/aromatic N) is 1. The second-order valence-electron chi connectivity index (χ2n) is 6.92. The monoisotopic (exact) mass is 256 g/mol. The van der Waals surface area contributed by atoms with Crippen molar-refractivity contribution in [2.75, 3.05) is 6.54 Å². The number of aliphatic imine (C=N–C) groups is 1. The number of amidine groups is 1. The van der Waals surface area contributed by atoms with Crippen LogP contribution < -0.4 is 5.32 Å². The number of nitrogens with one attached hydrogen (secondary N) is 1. The van der Waals surface area contributed by atoms with Crippen LogP contribution in [-0.4, -0.2) is 22.5 Å². The average molecular weight is 256 g/mol. The van der Waals surface area contributed by atoms with Crippen molar-refractivity contribution in [1.29, 1.82) is 0 Å². The quantitative estimate of drug-likeness (QED) is 0.820. The van der Waals surface area contributed by atoms with E-state index in [1.807, 2.05) is 11.8 Å². The van der Waals surface area contributed by atoms with Gasteiger partial charge in [0, 0.05) is 10.8 Å². The van der Waals surface area contributed by atoms with E-state index in [-0.39, 0.29) is 5.54 Å². The van der Waals surface area contributed by atoms with Crippen molar-refractivity contribution in [1.82, 2.24) is 5.32 Å². The molecule has 0 aromatic carbocycles. The fourth-order valence-electron chi connectivity index (χ4n) is 2.62. The van der Waals surface area contributed by atoms with Gasteiger partial charge in [-0.25, -0.2) is 0 Å². The largest absolute Gasteiger partial charge is 0.360 e. The molecule has 17 heavy (non-hydrogen) atoms. The van der Waals surface area contributed by atoms with Crippen molar-refractivity contribution in [3.8, 4) is 0 Å². The normalized spacial score (nSPS) is 21.5. The lowest BCUT2D eigenvalue weighted by atomic mass is 9.82. The molecule has 1 N–H and O–H groups in total. The number of hydrogen-bond donors (Lipinski definition) is 1. The molecule has 0 aromatic heterocycles. The lowest BCUT2D eigenvalue weighted by molar-refractivity contribution is 0.268. The van der Waals surface area contributed by atoms with Gasteiger partial charge in [-0.1, -0.05) is 45.9 Å². The molecule has 0 saturated carbocycles. The van der Waals surface area contributed by atoms with Gasteiger partial charge in [-0.2, -0.15) is 0 Å². The summed E-state index contributed by atoms with van der Waals surface area (Å²) in [6.07, 6.45) is 3.68. The van der Waals surface area contributed by atoms with Crippen LogP contribution >= 0.6 is 11.8 Å². The van der Waals surface area contributed by atoms with Crippen LogP contribution in [0.5, 0.6) is 0 Å². The molecule has 100 valence electrons. The zero-order valence-electron chi connectivity index (χ0n) is 12.3. The van der Waals surface area contributed by atoms with Crippen LogP contribution in [0.2, 0.25) is 0 Å². The number of hydrogen-bond acceptors (Lipinski definition) is 3. The highest BCUT2D eigenvalue weighted by Gasteiger charge is 2.28. The molecule has 3 heteroatoms. The smallest absolute Gasteiger partial charge is 0.157 e. The molecular formula is C14H28N2S. The van der Waals surface area contributed by atoms with Crippen molar-refractivity contribution in [3.63, 3.8) is 0 Å². The third-order valence-corrected chi connectivity index (χ3v) is 3.92. The minimum atomic E-state index is 0.130. The van der Waals surface area contributed by atoms with Crippen molar-refractivity contribution in [2.24, 2.45) is 10.4 Å². The van der Waals surface area contributed by atoms with Gasteiger partial charge in [0.1, 0.15) is 0 Å². The summed E-state index contributed by atoms with van der Waals surface area (Å²) < 4.78 is 0. The zero-order chi connectivity index (χ0) is 13.1. The summed E-state index contributed by atoms with van der Waals surface area (Å²) in [4.78, 5) is 4.62. The van der Waals surface area contributed by atoms with E-state index in [2.05, 4.69) is 51.9 Å². The number of rotatable bonds is 4. The Morgan fingerprint density at radius 3 is 2.47 bits per heavy atom. The maximum atomic E-state index is 4.62. The van der Waals surface area contributed by atoms with E-state index in [0.29, 0.717) is 10.7 Å². The van der Waals surface area contributed by atoms with Gasteiger partial charge in [-0.15, -0.1) is 0 Å². The lowest BCUT2D eigenvalue weighted by Crippen LogP contribution is -2.44. The van der Waals surface area contributed by atoms with Crippen LogP contribution in [0.4, 0.5) is 0 Å². The summed E-state index contributed by atoms with van der Waals surface area (Å²) in [5, 5.41) is 5.47. The predicted octanol–water partition coefficient (Wildman–Crippen LogP) is 4.06. The Balaban J connectivity index is 2.44. The molecule has 0 fully saturated rings. The molecule has 1 rings (SSSR count). The summed E-state index contributed by atoms with van der Waals surface area (Å²) in [5.74, 6) is 0. The van der Waals surface area contributed by atoms with Crippen LogP contribution in [0.25, 0.3) is 0 Å². The standard InChI is InChI=1S/C14H28N2S/c1-7-8-11-9-15-12(17-11)16-14(5,6)10-13(2,3)4/h11H,7-10H2,1-6H3,(H,15,16). The molecule has 0 spiro atoms. The van der Waals surface area contributed by atoms with Crippen LogP contribution in [0, 0.1) is 5.41 Å². The molecule has 0 aromatic rings. The Morgan fingerprint density at radius 1 is 1.29 bits per heavy atom. The van der Waals surface area contributed by atoms with E-state index in [0.717, 1.165) is 18.1 Å². The molecule has 0 amide bonds. The maximum absolute atomic E-state index is 4.62. The van der Waals surface area contributed by atoms with Gasteiger partial charge in [0.25, 0.3) is 0 Å². The minimum Gasteiger partial charge on any atom is -0.360 e. The summed E-state index contributed by atoms with van der Waals surface area (Å²) in [5.41, 5.74) is 0.480. The first-order valence-electron chi connectivity index (χ1n) is 6.71. The van der Waals surface area contributed by atoms with E-state index in [4.69, 9.17) is 0 Å². The van der Waals surface area contributed by atoms with Crippen molar-refractivity contribution < 1.29 is 0 Å². The molecule has 1 unspecified atom stereocenters. The molecule has 0 radical (unpaired) electrons. The molecule has 2 nitrogen and oxygen atoms in total. The fourth-order valence-corrected chi connectivity index (χ4v) is 3.92. The Bertz CT molecular complexity index is 276. The van der Waals surface area contributed by atoms with E-state index in [9.17, 15) is 0 Å². The van der Waals surface area contributed by atoms with Gasteiger partial charge in [0.15, 0.2) is 5.17 Å². The molecule has 0 aliphatic carbocycles. The second kappa shape index (κ2) is 5.64. The summed E-state index contributed by atoms with van der Waals surface area (Å²) in [6, 6.07) is 0. The van der Waals surface area contributed by atoms with Gasteiger partial charge in [-0.3, -0.25) is 4.99 Å². The van der Waals surface area contributed by atoms with E-state index < -0.39 is 0 Å². The molecule has 1 heterocycles. The van der Waals surface area contributed by atoms with Gasteiger partial charge in [-0.05, 0) is 32.1 Å². The van der Waals surface area contributed by atoms with Crippen LogP contribution in [0.1, 0.15) is 60.8 Å². The Labute approximate surface area is 111 Å². The zero-order valence-corrected chi connectivity index (χ0v) is 13.1. The maximum Gasteiger partial charge on any atom is 0.157 e. The minimum absolute atomic E-state index is 0.130. The first-order valence-corrected chi connectivity index (χ1v) is 7.59. The van der Waals surface area contributed by atoms with Gasteiger partial charge >= 0.3 is 0 Å². The van der Waals surface area contributed by atoms with Crippen LogP contribution in [0.15, 0.2) is 4.99 Å². The van der Waals surface area contributed by atoms with Crippen LogP contribution in [0.3, 0.4) is 0 Å². The summed E-state index contributed by atoms with van der Waals surface area (Å²) in [7, 11) is 0. The van der Waals surface area contributed by atoms with E-state index in [1.54, 1.807) is 0 Å². The molecule has 1 aliphatic rings. The van der Waals surface area contributed by atoms with Gasteiger partial charge < -0.3 is 5.32 Å². The third-order valence-electron chi connectivity index (χ3n) is 2.75. The Kier molecular flexibility index (Phi) is 4.94.